The van der Waals surface area contributed by atoms with E-state index in [1.807, 2.05) is 38.7 Å². The molecule has 1 aliphatic heterocycles. The average Bonchev–Trinajstić information content (AvgIpc) is 2.28. The topological polar surface area (TPSA) is 51.7 Å². The summed E-state index contributed by atoms with van der Waals surface area (Å²) in [5.74, 6) is 0.189. The van der Waals surface area contributed by atoms with E-state index in [-0.39, 0.29) is 5.97 Å². The number of carbonyl (C=O) groups excluding carboxylic acids is 1. The number of nitrogens with zero attached hydrogens (tertiary/aromatic N) is 2. The van der Waals surface area contributed by atoms with Crippen LogP contribution in [0.15, 0.2) is 16.7 Å². The molecule has 2 heterocycles. The molecular weight excluding hydrogens is 336 g/mol. The van der Waals surface area contributed by atoms with Crippen LogP contribution in [0.4, 0.5) is 0 Å². The van der Waals surface area contributed by atoms with E-state index in [2.05, 4.69) is 20.9 Å². The summed E-state index contributed by atoms with van der Waals surface area (Å²) in [5.41, 5.74) is 0.343. The van der Waals surface area contributed by atoms with Crippen LogP contribution < -0.4 is 4.74 Å². The highest BCUT2D eigenvalue weighted by Gasteiger charge is 2.35. The molecule has 0 N–H and O–H groups in total. The molecule has 1 atom stereocenters. The summed E-state index contributed by atoms with van der Waals surface area (Å²) in [5, 5.41) is 0. The van der Waals surface area contributed by atoms with Crippen molar-refractivity contribution in [3.05, 3.63) is 22.4 Å². The van der Waals surface area contributed by atoms with Gasteiger partial charge in [0.15, 0.2) is 0 Å². The number of esters is 1. The molecule has 1 unspecified atom stereocenters. The van der Waals surface area contributed by atoms with E-state index < -0.39 is 11.8 Å². The summed E-state index contributed by atoms with van der Waals surface area (Å²) >= 11 is 3.42. The lowest BCUT2D eigenvalue weighted by Gasteiger charge is -2.37. The highest BCUT2D eigenvalue weighted by Crippen LogP contribution is 2.24. The van der Waals surface area contributed by atoms with E-state index in [0.29, 0.717) is 5.75 Å². The van der Waals surface area contributed by atoms with E-state index in [1.165, 1.54) is 0 Å². The molecule has 2 rings (SSSR count). The van der Waals surface area contributed by atoms with Crippen molar-refractivity contribution in [3.63, 3.8) is 0 Å². The molecule has 1 fully saturated rings. The van der Waals surface area contributed by atoms with Crippen LogP contribution in [0.25, 0.3) is 0 Å². The summed E-state index contributed by atoms with van der Waals surface area (Å²) in [4.78, 5) is 18.5. The number of aryl methyl sites for hydroxylation is 1. The molecular formula is C15H21BrN2O3. The second kappa shape index (κ2) is 6.32. The zero-order chi connectivity index (χ0) is 15.6. The van der Waals surface area contributed by atoms with E-state index in [0.717, 1.165) is 29.7 Å². The number of likely N-dealkylation sites (tertiary alicyclic amines) is 1. The molecule has 0 radical (unpaired) electrons. The van der Waals surface area contributed by atoms with Gasteiger partial charge in [-0.25, -0.2) is 4.79 Å². The molecule has 1 aromatic rings. The van der Waals surface area contributed by atoms with Gasteiger partial charge in [0, 0.05) is 17.6 Å². The average molecular weight is 357 g/mol. The van der Waals surface area contributed by atoms with Gasteiger partial charge in [-0.2, -0.15) is 0 Å². The van der Waals surface area contributed by atoms with Crippen molar-refractivity contribution in [2.75, 3.05) is 13.1 Å². The third-order valence-corrected chi connectivity index (χ3v) is 3.88. The maximum Gasteiger partial charge on any atom is 0.363 e. The van der Waals surface area contributed by atoms with Gasteiger partial charge in [-0.1, -0.05) is 0 Å². The van der Waals surface area contributed by atoms with Crippen molar-refractivity contribution in [1.82, 2.24) is 9.88 Å². The lowest BCUT2D eigenvalue weighted by atomic mass is 10.2. The normalized spacial score (nSPS) is 17.0. The van der Waals surface area contributed by atoms with E-state index in [4.69, 9.17) is 9.47 Å². The Morgan fingerprint density at radius 1 is 1.43 bits per heavy atom. The number of rotatable bonds is 4. The number of pyridine rings is 1. The molecule has 0 amide bonds. The van der Waals surface area contributed by atoms with E-state index >= 15 is 0 Å². The number of ether oxygens (including phenoxy) is 2. The summed E-state index contributed by atoms with van der Waals surface area (Å²) < 4.78 is 12.1. The quantitative estimate of drug-likeness (QED) is 0.776. The summed E-state index contributed by atoms with van der Waals surface area (Å²) in [6.45, 7) is 9.12. The number of aromatic nitrogens is 1. The largest absolute Gasteiger partial charge is 0.462 e. The van der Waals surface area contributed by atoms with Gasteiger partial charge in [0.2, 0.25) is 0 Å². The first-order valence-corrected chi connectivity index (χ1v) is 7.81. The van der Waals surface area contributed by atoms with Gasteiger partial charge in [0.05, 0.1) is 11.9 Å². The van der Waals surface area contributed by atoms with Gasteiger partial charge in [0.25, 0.3) is 6.23 Å². The standard InChI is InChI=1S/C15H21BrN2O3/c1-10-12(16)8-11(9-17-10)20-13(18-6-5-7-18)14(19)21-15(2,3)4/h8-9,13H,5-7H2,1-4H3. The fourth-order valence-electron chi connectivity index (χ4n) is 1.88. The van der Waals surface area contributed by atoms with Crippen molar-refractivity contribution in [3.8, 4) is 5.75 Å². The van der Waals surface area contributed by atoms with Crippen LogP contribution in [-0.2, 0) is 9.53 Å². The van der Waals surface area contributed by atoms with Crippen molar-refractivity contribution < 1.29 is 14.3 Å². The van der Waals surface area contributed by atoms with Gasteiger partial charge in [0.1, 0.15) is 11.4 Å². The van der Waals surface area contributed by atoms with E-state index in [9.17, 15) is 4.79 Å². The highest BCUT2D eigenvalue weighted by molar-refractivity contribution is 9.10. The van der Waals surface area contributed by atoms with Crippen LogP contribution in [0, 0.1) is 6.92 Å². The number of halogens is 1. The maximum atomic E-state index is 12.3. The molecule has 21 heavy (non-hydrogen) atoms. The molecule has 0 saturated carbocycles. The number of carbonyl (C=O) groups is 1. The van der Waals surface area contributed by atoms with Gasteiger partial charge in [-0.05, 0) is 56.1 Å². The monoisotopic (exact) mass is 356 g/mol. The van der Waals surface area contributed by atoms with Gasteiger partial charge < -0.3 is 9.47 Å². The van der Waals surface area contributed by atoms with Crippen molar-refractivity contribution >= 4 is 21.9 Å². The lowest BCUT2D eigenvalue weighted by Crippen LogP contribution is -2.53. The zero-order valence-corrected chi connectivity index (χ0v) is 14.4. The number of hydrogen-bond donors (Lipinski definition) is 0. The summed E-state index contributed by atoms with van der Waals surface area (Å²) in [6.07, 6.45) is 1.98. The van der Waals surface area contributed by atoms with Crippen molar-refractivity contribution in [2.45, 2.75) is 45.9 Å². The third-order valence-electron chi connectivity index (χ3n) is 3.08. The highest BCUT2D eigenvalue weighted by atomic mass is 79.9. The predicted molar refractivity (Wildman–Crippen MR) is 83.1 cm³/mol. The lowest BCUT2D eigenvalue weighted by molar-refractivity contribution is -0.176. The molecule has 1 saturated heterocycles. The Kier molecular flexibility index (Phi) is 4.88. The molecule has 5 nitrogen and oxygen atoms in total. The van der Waals surface area contributed by atoms with Crippen LogP contribution in [0.1, 0.15) is 32.9 Å². The van der Waals surface area contributed by atoms with Crippen LogP contribution in [0.3, 0.4) is 0 Å². The molecule has 116 valence electrons. The molecule has 6 heteroatoms. The minimum atomic E-state index is -0.714. The molecule has 0 bridgehead atoms. The third kappa shape index (κ3) is 4.41. The second-order valence-corrected chi connectivity index (χ2v) is 6.99. The summed E-state index contributed by atoms with van der Waals surface area (Å²) in [7, 11) is 0. The van der Waals surface area contributed by atoms with Crippen LogP contribution in [-0.4, -0.2) is 40.8 Å². The van der Waals surface area contributed by atoms with Crippen molar-refractivity contribution in [1.29, 1.82) is 0 Å². The fourth-order valence-corrected chi connectivity index (χ4v) is 2.21. The van der Waals surface area contributed by atoms with Crippen molar-refractivity contribution in [2.24, 2.45) is 0 Å². The Morgan fingerprint density at radius 2 is 2.10 bits per heavy atom. The fraction of sp³-hybridized carbons (Fsp3) is 0.600. The Balaban J connectivity index is 2.12. The minimum Gasteiger partial charge on any atom is -0.462 e. The molecule has 0 spiro atoms. The van der Waals surface area contributed by atoms with E-state index in [1.54, 1.807) is 6.20 Å². The minimum absolute atomic E-state index is 0.362. The Labute approximate surface area is 133 Å². The van der Waals surface area contributed by atoms with Gasteiger partial charge in [-0.3, -0.25) is 9.88 Å². The molecule has 0 aromatic carbocycles. The van der Waals surface area contributed by atoms with Crippen LogP contribution in [0.2, 0.25) is 0 Å². The smallest absolute Gasteiger partial charge is 0.363 e. The SMILES string of the molecule is Cc1ncc(OC(C(=O)OC(C)(C)C)N2CCC2)cc1Br. The Morgan fingerprint density at radius 3 is 2.57 bits per heavy atom. The Bertz CT molecular complexity index is 524. The number of hydrogen-bond acceptors (Lipinski definition) is 5. The first-order chi connectivity index (χ1) is 9.76. The maximum absolute atomic E-state index is 12.3. The van der Waals surface area contributed by atoms with Gasteiger partial charge in [-0.15, -0.1) is 0 Å². The molecule has 0 aliphatic carbocycles. The predicted octanol–water partition coefficient (Wildman–Crippen LogP) is 2.90. The molecule has 1 aromatic heterocycles. The second-order valence-electron chi connectivity index (χ2n) is 6.13. The van der Waals surface area contributed by atoms with Crippen LogP contribution in [0.5, 0.6) is 5.75 Å². The zero-order valence-electron chi connectivity index (χ0n) is 12.9. The van der Waals surface area contributed by atoms with Crippen LogP contribution >= 0.6 is 15.9 Å². The van der Waals surface area contributed by atoms with Gasteiger partial charge >= 0.3 is 5.97 Å². The first kappa shape index (κ1) is 16.2. The summed E-state index contributed by atoms with van der Waals surface area (Å²) in [6, 6.07) is 1.82. The molecule has 1 aliphatic rings. The first-order valence-electron chi connectivity index (χ1n) is 7.02. The Hall–Kier alpha value is -1.14.